The first kappa shape index (κ1) is 13.4. The van der Waals surface area contributed by atoms with Crippen LogP contribution < -0.4 is 16.8 Å². The molecule has 5 N–H and O–H groups in total. The summed E-state index contributed by atoms with van der Waals surface area (Å²) in [5.41, 5.74) is 12.8. The number of nitrogen functional groups attached to an aromatic ring is 2. The van der Waals surface area contributed by atoms with Gasteiger partial charge in [-0.2, -0.15) is 0 Å². The minimum absolute atomic E-state index is 0.133. The van der Waals surface area contributed by atoms with Crippen molar-refractivity contribution in [2.24, 2.45) is 0 Å². The molecule has 4 heteroatoms. The van der Waals surface area contributed by atoms with E-state index in [4.69, 9.17) is 11.5 Å². The summed E-state index contributed by atoms with van der Waals surface area (Å²) < 4.78 is 0. The van der Waals surface area contributed by atoms with Gasteiger partial charge in [-0.1, -0.05) is 19.8 Å². The second-order valence-corrected chi connectivity index (χ2v) is 4.36. The third-order valence-corrected chi connectivity index (χ3v) is 2.69. The Bertz CT molecular complexity index is 390. The first-order chi connectivity index (χ1) is 8.04. The van der Waals surface area contributed by atoms with E-state index in [9.17, 15) is 4.79 Å². The Kier molecular flexibility index (Phi) is 4.82. The zero-order chi connectivity index (χ0) is 12.8. The molecule has 94 valence electrons. The first-order valence-electron chi connectivity index (χ1n) is 6.00. The molecule has 1 unspecified atom stereocenters. The van der Waals surface area contributed by atoms with Crippen molar-refractivity contribution in [1.29, 1.82) is 0 Å². The van der Waals surface area contributed by atoms with Crippen LogP contribution in [0.15, 0.2) is 18.2 Å². The van der Waals surface area contributed by atoms with Crippen molar-refractivity contribution in [1.82, 2.24) is 5.32 Å². The van der Waals surface area contributed by atoms with Crippen LogP contribution in [-0.4, -0.2) is 11.9 Å². The van der Waals surface area contributed by atoms with Crippen LogP contribution in [0.4, 0.5) is 11.4 Å². The van der Waals surface area contributed by atoms with Gasteiger partial charge in [0.1, 0.15) is 0 Å². The Morgan fingerprint density at radius 1 is 1.41 bits per heavy atom. The highest BCUT2D eigenvalue weighted by molar-refractivity contribution is 5.99. The van der Waals surface area contributed by atoms with Gasteiger partial charge in [0, 0.05) is 17.4 Å². The summed E-state index contributed by atoms with van der Waals surface area (Å²) in [6, 6.07) is 5.11. The van der Waals surface area contributed by atoms with Crippen molar-refractivity contribution in [3.8, 4) is 0 Å². The van der Waals surface area contributed by atoms with Crippen LogP contribution in [0.25, 0.3) is 0 Å². The number of anilines is 2. The lowest BCUT2D eigenvalue weighted by molar-refractivity contribution is 0.0939. The number of nitrogens with two attached hydrogens (primary N) is 2. The molecule has 1 atom stereocenters. The SMILES string of the molecule is CCCCC(C)NC(=O)c1ccc(N)cc1N. The second kappa shape index (κ2) is 6.13. The molecule has 0 aliphatic heterocycles. The van der Waals surface area contributed by atoms with E-state index in [1.807, 2.05) is 6.92 Å². The molecule has 1 amide bonds. The fourth-order valence-electron chi connectivity index (χ4n) is 1.67. The predicted octanol–water partition coefficient (Wildman–Crippen LogP) is 2.16. The Morgan fingerprint density at radius 2 is 2.12 bits per heavy atom. The number of hydrogen-bond acceptors (Lipinski definition) is 3. The molecule has 0 saturated carbocycles. The topological polar surface area (TPSA) is 81.1 Å². The van der Waals surface area contributed by atoms with Crippen LogP contribution >= 0.6 is 0 Å². The van der Waals surface area contributed by atoms with Gasteiger partial charge in [0.05, 0.1) is 5.56 Å². The van der Waals surface area contributed by atoms with E-state index in [-0.39, 0.29) is 11.9 Å². The van der Waals surface area contributed by atoms with Crippen LogP contribution in [0.1, 0.15) is 43.5 Å². The molecule has 17 heavy (non-hydrogen) atoms. The quantitative estimate of drug-likeness (QED) is 0.684. The van der Waals surface area contributed by atoms with Gasteiger partial charge >= 0.3 is 0 Å². The molecule has 1 rings (SSSR count). The number of benzene rings is 1. The fraction of sp³-hybridized carbons (Fsp3) is 0.462. The average molecular weight is 235 g/mol. The zero-order valence-corrected chi connectivity index (χ0v) is 10.5. The molecule has 0 aromatic heterocycles. The highest BCUT2D eigenvalue weighted by Gasteiger charge is 2.12. The molecule has 0 heterocycles. The molecule has 0 bridgehead atoms. The highest BCUT2D eigenvalue weighted by Crippen LogP contribution is 2.15. The van der Waals surface area contributed by atoms with Gasteiger partial charge in [-0.05, 0) is 31.5 Å². The Labute approximate surface area is 102 Å². The number of unbranched alkanes of at least 4 members (excludes halogenated alkanes) is 1. The van der Waals surface area contributed by atoms with Crippen molar-refractivity contribution in [2.45, 2.75) is 39.2 Å². The van der Waals surface area contributed by atoms with Crippen LogP contribution in [0.5, 0.6) is 0 Å². The Balaban J connectivity index is 2.63. The predicted molar refractivity (Wildman–Crippen MR) is 71.7 cm³/mol. The van der Waals surface area contributed by atoms with Crippen molar-refractivity contribution in [2.75, 3.05) is 11.5 Å². The molecular formula is C13H21N3O. The van der Waals surface area contributed by atoms with Gasteiger partial charge in [0.25, 0.3) is 5.91 Å². The number of amides is 1. The lowest BCUT2D eigenvalue weighted by Crippen LogP contribution is -2.32. The second-order valence-electron chi connectivity index (χ2n) is 4.36. The summed E-state index contributed by atoms with van der Waals surface area (Å²) in [5, 5.41) is 2.93. The molecule has 0 aliphatic carbocycles. The van der Waals surface area contributed by atoms with Gasteiger partial charge in [-0.15, -0.1) is 0 Å². The van der Waals surface area contributed by atoms with Gasteiger partial charge in [0.15, 0.2) is 0 Å². The minimum Gasteiger partial charge on any atom is -0.399 e. The first-order valence-corrected chi connectivity index (χ1v) is 6.00. The highest BCUT2D eigenvalue weighted by atomic mass is 16.1. The molecule has 0 aliphatic rings. The number of carbonyl (C=O) groups is 1. The summed E-state index contributed by atoms with van der Waals surface area (Å²) in [7, 11) is 0. The van der Waals surface area contributed by atoms with Crippen molar-refractivity contribution in [3.05, 3.63) is 23.8 Å². The van der Waals surface area contributed by atoms with Crippen molar-refractivity contribution < 1.29 is 4.79 Å². The van der Waals surface area contributed by atoms with Crippen LogP contribution in [-0.2, 0) is 0 Å². The van der Waals surface area contributed by atoms with E-state index >= 15 is 0 Å². The van der Waals surface area contributed by atoms with Gasteiger partial charge < -0.3 is 16.8 Å². The standard InChI is InChI=1S/C13H21N3O/c1-3-4-5-9(2)16-13(17)11-7-6-10(14)8-12(11)15/h6-9H,3-5,14-15H2,1-2H3,(H,16,17). The van der Waals surface area contributed by atoms with Crippen LogP contribution in [0, 0.1) is 0 Å². The normalized spacial score (nSPS) is 12.1. The van der Waals surface area contributed by atoms with Crippen LogP contribution in [0.2, 0.25) is 0 Å². The van der Waals surface area contributed by atoms with E-state index < -0.39 is 0 Å². The smallest absolute Gasteiger partial charge is 0.253 e. The maximum atomic E-state index is 11.9. The average Bonchev–Trinajstić information content (AvgIpc) is 2.26. The van der Waals surface area contributed by atoms with E-state index in [0.717, 1.165) is 19.3 Å². The Hall–Kier alpha value is -1.71. The van der Waals surface area contributed by atoms with E-state index in [0.29, 0.717) is 16.9 Å². The number of nitrogens with one attached hydrogen (secondary N) is 1. The van der Waals surface area contributed by atoms with Gasteiger partial charge in [-0.3, -0.25) is 4.79 Å². The largest absolute Gasteiger partial charge is 0.399 e. The third-order valence-electron chi connectivity index (χ3n) is 2.69. The lowest BCUT2D eigenvalue weighted by atomic mass is 10.1. The summed E-state index contributed by atoms with van der Waals surface area (Å²) >= 11 is 0. The summed E-state index contributed by atoms with van der Waals surface area (Å²) in [6.07, 6.45) is 3.22. The molecular weight excluding hydrogens is 214 g/mol. The molecule has 0 spiro atoms. The zero-order valence-electron chi connectivity index (χ0n) is 10.5. The maximum absolute atomic E-state index is 11.9. The fourth-order valence-corrected chi connectivity index (χ4v) is 1.67. The summed E-state index contributed by atoms with van der Waals surface area (Å²) in [6.45, 7) is 4.13. The number of carbonyl (C=O) groups excluding carboxylic acids is 1. The van der Waals surface area contributed by atoms with E-state index in [1.54, 1.807) is 18.2 Å². The number of rotatable bonds is 5. The molecule has 0 saturated heterocycles. The van der Waals surface area contributed by atoms with Crippen molar-refractivity contribution >= 4 is 17.3 Å². The van der Waals surface area contributed by atoms with Gasteiger partial charge in [-0.25, -0.2) is 0 Å². The summed E-state index contributed by atoms with van der Waals surface area (Å²) in [4.78, 5) is 11.9. The third kappa shape index (κ3) is 3.98. The van der Waals surface area contributed by atoms with Gasteiger partial charge in [0.2, 0.25) is 0 Å². The minimum atomic E-state index is -0.133. The number of hydrogen-bond donors (Lipinski definition) is 3. The van der Waals surface area contributed by atoms with Crippen molar-refractivity contribution in [3.63, 3.8) is 0 Å². The molecule has 1 aromatic carbocycles. The molecule has 0 radical (unpaired) electrons. The van der Waals surface area contributed by atoms with E-state index in [1.165, 1.54) is 0 Å². The molecule has 0 fully saturated rings. The monoisotopic (exact) mass is 235 g/mol. The van der Waals surface area contributed by atoms with Crippen LogP contribution in [0.3, 0.4) is 0 Å². The summed E-state index contributed by atoms with van der Waals surface area (Å²) in [5.74, 6) is -0.133. The maximum Gasteiger partial charge on any atom is 0.253 e. The van der Waals surface area contributed by atoms with E-state index in [2.05, 4.69) is 12.2 Å². The Morgan fingerprint density at radius 3 is 2.71 bits per heavy atom. The molecule has 4 nitrogen and oxygen atoms in total. The molecule has 1 aromatic rings. The lowest BCUT2D eigenvalue weighted by Gasteiger charge is -2.14.